The number of rotatable bonds is 5. The van der Waals surface area contributed by atoms with Crippen LogP contribution in [0.5, 0.6) is 0 Å². The van der Waals surface area contributed by atoms with E-state index in [9.17, 15) is 19.5 Å². The fraction of sp³-hybridized carbons (Fsp3) is 0.353. The van der Waals surface area contributed by atoms with E-state index in [4.69, 9.17) is 4.42 Å². The van der Waals surface area contributed by atoms with Gasteiger partial charge in [-0.1, -0.05) is 12.8 Å². The molecule has 0 saturated heterocycles. The van der Waals surface area contributed by atoms with Crippen molar-refractivity contribution in [2.45, 2.75) is 38.1 Å². The SMILES string of the molecule is Cc1cc(NC(=O)c2ccco2)sc1C(=O)NC1(C(=O)O)CCCC1. The molecule has 0 spiro atoms. The van der Waals surface area contributed by atoms with Crippen LogP contribution in [0.3, 0.4) is 0 Å². The Kier molecular flexibility index (Phi) is 4.63. The van der Waals surface area contributed by atoms with Crippen LogP contribution >= 0.6 is 11.3 Å². The van der Waals surface area contributed by atoms with Gasteiger partial charge in [0, 0.05) is 0 Å². The lowest BCUT2D eigenvalue weighted by Crippen LogP contribution is -2.52. The van der Waals surface area contributed by atoms with Crippen LogP contribution in [0.4, 0.5) is 5.00 Å². The second-order valence-corrected chi connectivity index (χ2v) is 7.15. The summed E-state index contributed by atoms with van der Waals surface area (Å²) in [5.74, 6) is -1.66. The number of hydrogen-bond acceptors (Lipinski definition) is 5. The van der Waals surface area contributed by atoms with Crippen LogP contribution in [0.2, 0.25) is 0 Å². The van der Waals surface area contributed by atoms with Crippen molar-refractivity contribution in [2.24, 2.45) is 0 Å². The highest BCUT2D eigenvalue weighted by molar-refractivity contribution is 7.18. The zero-order chi connectivity index (χ0) is 18.0. The highest BCUT2D eigenvalue weighted by Gasteiger charge is 2.43. The number of nitrogens with one attached hydrogen (secondary N) is 2. The molecule has 0 aromatic carbocycles. The number of carbonyl (C=O) groups is 3. The van der Waals surface area contributed by atoms with Crippen LogP contribution in [-0.4, -0.2) is 28.4 Å². The van der Waals surface area contributed by atoms with Crippen molar-refractivity contribution >= 4 is 34.1 Å². The summed E-state index contributed by atoms with van der Waals surface area (Å²) in [6, 6.07) is 4.84. The van der Waals surface area contributed by atoms with Crippen LogP contribution in [-0.2, 0) is 4.79 Å². The lowest BCUT2D eigenvalue weighted by Gasteiger charge is -2.25. The number of hydrogen-bond donors (Lipinski definition) is 3. The maximum absolute atomic E-state index is 12.6. The number of amides is 2. The molecule has 0 bridgehead atoms. The topological polar surface area (TPSA) is 109 Å². The van der Waals surface area contributed by atoms with Crippen molar-refractivity contribution in [2.75, 3.05) is 5.32 Å². The first-order chi connectivity index (χ1) is 11.9. The first kappa shape index (κ1) is 17.2. The Morgan fingerprint density at radius 1 is 1.24 bits per heavy atom. The third kappa shape index (κ3) is 3.43. The smallest absolute Gasteiger partial charge is 0.329 e. The number of aryl methyl sites for hydroxylation is 1. The molecule has 2 heterocycles. The van der Waals surface area contributed by atoms with Crippen molar-refractivity contribution in [3.63, 3.8) is 0 Å². The van der Waals surface area contributed by atoms with Crippen molar-refractivity contribution < 1.29 is 23.9 Å². The Morgan fingerprint density at radius 3 is 2.56 bits per heavy atom. The molecule has 1 fully saturated rings. The molecule has 7 nitrogen and oxygen atoms in total. The summed E-state index contributed by atoms with van der Waals surface area (Å²) in [5, 5.41) is 15.3. The molecule has 8 heteroatoms. The monoisotopic (exact) mass is 362 g/mol. The average Bonchev–Trinajstić information content (AvgIpc) is 3.28. The highest BCUT2D eigenvalue weighted by atomic mass is 32.1. The lowest BCUT2D eigenvalue weighted by molar-refractivity contribution is -0.144. The molecule has 0 atom stereocenters. The highest BCUT2D eigenvalue weighted by Crippen LogP contribution is 2.32. The Hall–Kier alpha value is -2.61. The molecular weight excluding hydrogens is 344 g/mol. The molecule has 3 rings (SSSR count). The zero-order valence-electron chi connectivity index (χ0n) is 13.6. The average molecular weight is 362 g/mol. The summed E-state index contributed by atoms with van der Waals surface area (Å²) in [7, 11) is 0. The molecule has 0 aliphatic heterocycles. The quantitative estimate of drug-likeness (QED) is 0.757. The van der Waals surface area contributed by atoms with E-state index >= 15 is 0 Å². The number of thiophene rings is 1. The summed E-state index contributed by atoms with van der Waals surface area (Å²) in [6.07, 6.45) is 3.82. The number of anilines is 1. The second-order valence-electron chi connectivity index (χ2n) is 6.10. The van der Waals surface area contributed by atoms with Crippen molar-refractivity contribution in [3.8, 4) is 0 Å². The number of aliphatic carboxylic acids is 1. The van der Waals surface area contributed by atoms with E-state index in [1.54, 1.807) is 25.1 Å². The van der Waals surface area contributed by atoms with Crippen molar-refractivity contribution in [3.05, 3.63) is 40.7 Å². The molecule has 1 aliphatic rings. The fourth-order valence-electron chi connectivity index (χ4n) is 3.00. The summed E-state index contributed by atoms with van der Waals surface area (Å²) >= 11 is 1.11. The van der Waals surface area contributed by atoms with Gasteiger partial charge < -0.3 is 20.2 Å². The van der Waals surface area contributed by atoms with Gasteiger partial charge in [0.1, 0.15) is 5.54 Å². The van der Waals surface area contributed by atoms with E-state index in [1.807, 2.05) is 0 Å². The number of carboxylic acid groups (broad SMARTS) is 1. The minimum absolute atomic E-state index is 0.174. The van der Waals surface area contributed by atoms with E-state index in [0.29, 0.717) is 28.3 Å². The molecule has 0 unspecified atom stereocenters. The summed E-state index contributed by atoms with van der Waals surface area (Å²) < 4.78 is 5.03. The minimum atomic E-state index is -1.19. The summed E-state index contributed by atoms with van der Waals surface area (Å²) in [5.41, 5.74) is -0.513. The van der Waals surface area contributed by atoms with E-state index in [2.05, 4.69) is 10.6 Å². The molecule has 0 radical (unpaired) electrons. The first-order valence-corrected chi connectivity index (χ1v) is 8.74. The van der Waals surface area contributed by atoms with Gasteiger partial charge in [-0.3, -0.25) is 9.59 Å². The van der Waals surface area contributed by atoms with E-state index in [1.165, 1.54) is 6.26 Å². The molecule has 2 aromatic rings. The molecule has 2 aromatic heterocycles. The van der Waals surface area contributed by atoms with Gasteiger partial charge in [0.2, 0.25) is 0 Å². The van der Waals surface area contributed by atoms with Crippen LogP contribution in [0.1, 0.15) is 51.5 Å². The summed E-state index contributed by atoms with van der Waals surface area (Å²) in [6.45, 7) is 1.75. The van der Waals surface area contributed by atoms with Gasteiger partial charge in [-0.2, -0.15) is 0 Å². The lowest BCUT2D eigenvalue weighted by atomic mass is 9.97. The molecule has 3 N–H and O–H groups in total. The van der Waals surface area contributed by atoms with Crippen molar-refractivity contribution in [1.29, 1.82) is 0 Å². The Balaban J connectivity index is 1.74. The van der Waals surface area contributed by atoms with Gasteiger partial charge in [0.15, 0.2) is 5.76 Å². The predicted octanol–water partition coefficient (Wildman–Crippen LogP) is 3.03. The van der Waals surface area contributed by atoms with Crippen LogP contribution < -0.4 is 10.6 Å². The Morgan fingerprint density at radius 2 is 1.96 bits per heavy atom. The largest absolute Gasteiger partial charge is 0.480 e. The van der Waals surface area contributed by atoms with E-state index < -0.39 is 23.3 Å². The second kappa shape index (κ2) is 6.72. The first-order valence-electron chi connectivity index (χ1n) is 7.92. The number of carbonyl (C=O) groups excluding carboxylic acids is 2. The zero-order valence-corrected chi connectivity index (χ0v) is 14.4. The normalized spacial score (nSPS) is 15.7. The third-order valence-corrected chi connectivity index (χ3v) is 5.48. The third-order valence-electron chi connectivity index (χ3n) is 4.33. The molecule has 2 amide bonds. The van der Waals surface area contributed by atoms with Gasteiger partial charge >= 0.3 is 5.97 Å². The van der Waals surface area contributed by atoms with Gasteiger partial charge in [-0.05, 0) is 43.5 Å². The maximum Gasteiger partial charge on any atom is 0.329 e. The Bertz CT molecular complexity index is 803. The van der Waals surface area contributed by atoms with Gasteiger partial charge in [0.25, 0.3) is 11.8 Å². The fourth-order valence-corrected chi connectivity index (χ4v) is 3.96. The van der Waals surface area contributed by atoms with Crippen LogP contribution in [0.15, 0.2) is 28.9 Å². The molecule has 132 valence electrons. The summed E-state index contributed by atoms with van der Waals surface area (Å²) in [4.78, 5) is 36.5. The predicted molar refractivity (Wildman–Crippen MR) is 92.0 cm³/mol. The molecule has 1 aliphatic carbocycles. The van der Waals surface area contributed by atoms with E-state index in [0.717, 1.165) is 24.2 Å². The number of furan rings is 1. The Labute approximate surface area is 148 Å². The number of carboxylic acids is 1. The van der Waals surface area contributed by atoms with Crippen molar-refractivity contribution in [1.82, 2.24) is 5.32 Å². The van der Waals surface area contributed by atoms with Gasteiger partial charge in [-0.15, -0.1) is 11.3 Å². The van der Waals surface area contributed by atoms with Crippen LogP contribution in [0.25, 0.3) is 0 Å². The standard InChI is InChI=1S/C17H18N2O5S/c1-10-9-12(18-14(20)11-5-4-8-24-11)25-13(10)15(21)19-17(16(22)23)6-2-3-7-17/h4-5,8-9H,2-3,6-7H2,1H3,(H,18,20)(H,19,21)(H,22,23). The molecular formula is C17H18N2O5S. The van der Waals surface area contributed by atoms with Gasteiger partial charge in [0.05, 0.1) is 16.1 Å². The van der Waals surface area contributed by atoms with Gasteiger partial charge in [-0.25, -0.2) is 4.79 Å². The van der Waals surface area contributed by atoms with Crippen LogP contribution in [0, 0.1) is 6.92 Å². The van der Waals surface area contributed by atoms with E-state index in [-0.39, 0.29) is 5.76 Å². The molecule has 1 saturated carbocycles. The minimum Gasteiger partial charge on any atom is -0.480 e. The maximum atomic E-state index is 12.6. The molecule has 25 heavy (non-hydrogen) atoms.